The number of aryl methyl sites for hydroxylation is 3. The molecule has 0 unspecified atom stereocenters. The van der Waals surface area contributed by atoms with Gasteiger partial charge >= 0.3 is 0 Å². The van der Waals surface area contributed by atoms with Crippen LogP contribution < -0.4 is 0 Å². The molecule has 2 aromatic heterocycles. The Kier molecular flexibility index (Phi) is 3.75. The smallest absolute Gasteiger partial charge is 0.163 e. The predicted molar refractivity (Wildman–Crippen MR) is 84.7 cm³/mol. The summed E-state index contributed by atoms with van der Waals surface area (Å²) in [6.07, 6.45) is 0.605. The van der Waals surface area contributed by atoms with Gasteiger partial charge in [0.05, 0.1) is 15.9 Å². The van der Waals surface area contributed by atoms with Gasteiger partial charge in [0.1, 0.15) is 17.2 Å². The van der Waals surface area contributed by atoms with Crippen LogP contribution in [-0.4, -0.2) is 25.2 Å². The van der Waals surface area contributed by atoms with Crippen molar-refractivity contribution in [3.8, 4) is 5.69 Å². The van der Waals surface area contributed by atoms with Crippen LogP contribution >= 0.6 is 27.5 Å². The van der Waals surface area contributed by atoms with E-state index in [4.69, 9.17) is 11.6 Å². The Bertz CT molecular complexity index is 824. The molecule has 0 aliphatic heterocycles. The molecule has 0 N–H and O–H groups in total. The molecule has 0 aliphatic carbocycles. The lowest BCUT2D eigenvalue weighted by molar-refractivity contribution is 0.619. The Hall–Kier alpha value is -1.40. The molecule has 7 heteroatoms. The highest BCUT2D eigenvalue weighted by Gasteiger charge is 2.18. The first-order valence-corrected chi connectivity index (χ1v) is 7.78. The molecular weight excluding hydrogens is 359 g/mol. The number of aromatic nitrogens is 4. The molecule has 0 saturated carbocycles. The molecule has 0 amide bonds. The van der Waals surface area contributed by atoms with Gasteiger partial charge in [-0.05, 0) is 41.1 Å². The second-order valence-electron chi connectivity index (χ2n) is 4.78. The summed E-state index contributed by atoms with van der Waals surface area (Å²) in [6, 6.07) is 5.00. The van der Waals surface area contributed by atoms with E-state index in [9.17, 15) is 4.39 Å². The third kappa shape index (κ3) is 2.36. The number of imidazole rings is 1. The van der Waals surface area contributed by atoms with Gasteiger partial charge in [0.25, 0.3) is 0 Å². The van der Waals surface area contributed by atoms with Crippen LogP contribution in [0.25, 0.3) is 16.9 Å². The molecule has 0 saturated heterocycles. The van der Waals surface area contributed by atoms with Crippen molar-refractivity contribution in [2.45, 2.75) is 13.3 Å². The van der Waals surface area contributed by atoms with Crippen LogP contribution in [0.15, 0.2) is 22.7 Å². The Labute approximate surface area is 134 Å². The summed E-state index contributed by atoms with van der Waals surface area (Å²) in [5, 5.41) is 4.37. The number of hydrogen-bond acceptors (Lipinski definition) is 2. The van der Waals surface area contributed by atoms with Crippen molar-refractivity contribution in [3.63, 3.8) is 0 Å². The summed E-state index contributed by atoms with van der Waals surface area (Å²) in [7, 11) is 1.85. The normalized spacial score (nSPS) is 11.5. The number of benzene rings is 1. The van der Waals surface area contributed by atoms with E-state index in [1.807, 2.05) is 24.6 Å². The molecule has 1 aromatic carbocycles. The van der Waals surface area contributed by atoms with Crippen molar-refractivity contribution < 1.29 is 4.39 Å². The van der Waals surface area contributed by atoms with Gasteiger partial charge in [0.2, 0.25) is 0 Å². The van der Waals surface area contributed by atoms with Crippen LogP contribution in [0.1, 0.15) is 11.5 Å². The summed E-state index contributed by atoms with van der Waals surface area (Å²) in [4.78, 5) is 4.61. The molecule has 0 atom stereocenters. The van der Waals surface area contributed by atoms with E-state index >= 15 is 0 Å². The minimum absolute atomic E-state index is 0.315. The summed E-state index contributed by atoms with van der Waals surface area (Å²) < 4.78 is 18.0. The lowest BCUT2D eigenvalue weighted by Gasteiger charge is -2.09. The van der Waals surface area contributed by atoms with Crippen molar-refractivity contribution in [1.82, 2.24) is 19.3 Å². The number of hydrogen-bond donors (Lipinski definition) is 0. The van der Waals surface area contributed by atoms with Gasteiger partial charge in [-0.3, -0.25) is 4.57 Å². The first-order valence-electron chi connectivity index (χ1n) is 6.45. The van der Waals surface area contributed by atoms with Gasteiger partial charge in [-0.25, -0.2) is 14.1 Å². The summed E-state index contributed by atoms with van der Waals surface area (Å²) in [5.74, 6) is 0.942. The molecule has 110 valence electrons. The highest BCUT2D eigenvalue weighted by molar-refractivity contribution is 9.10. The second-order valence-corrected chi connectivity index (χ2v) is 6.01. The van der Waals surface area contributed by atoms with E-state index in [0.29, 0.717) is 22.5 Å². The van der Waals surface area contributed by atoms with E-state index in [1.165, 1.54) is 6.07 Å². The Morgan fingerprint density at radius 2 is 2.14 bits per heavy atom. The largest absolute Gasteiger partial charge is 0.281 e. The molecule has 0 radical (unpaired) electrons. The lowest BCUT2D eigenvalue weighted by atomic mass is 10.3. The molecule has 0 fully saturated rings. The van der Waals surface area contributed by atoms with E-state index < -0.39 is 0 Å². The predicted octanol–water partition coefficient (Wildman–Crippen LogP) is 3.75. The minimum atomic E-state index is -0.315. The highest BCUT2D eigenvalue weighted by Crippen LogP contribution is 2.26. The molecule has 2 heterocycles. The van der Waals surface area contributed by atoms with Gasteiger partial charge in [-0.2, -0.15) is 5.10 Å². The van der Waals surface area contributed by atoms with Crippen LogP contribution in [0.2, 0.25) is 0 Å². The summed E-state index contributed by atoms with van der Waals surface area (Å²) in [6.45, 7) is 1.91. The Morgan fingerprint density at radius 1 is 1.38 bits per heavy atom. The average molecular weight is 372 g/mol. The fourth-order valence-corrected chi connectivity index (χ4v) is 2.88. The number of fused-ring (bicyclic) bond motifs is 1. The highest BCUT2D eigenvalue weighted by atomic mass is 79.9. The maximum Gasteiger partial charge on any atom is 0.163 e. The molecule has 0 aliphatic rings. The zero-order valence-corrected chi connectivity index (χ0v) is 13.9. The second kappa shape index (κ2) is 5.42. The van der Waals surface area contributed by atoms with Gasteiger partial charge in [-0.15, -0.1) is 11.6 Å². The standard InChI is InChI=1S/C14H13BrClFN4/c1-8-13-14(20(2)19-8)21(12(18-13)5-6-16)9-3-4-10(15)11(17)7-9/h3-4,7H,5-6H2,1-2H3. The number of rotatable bonds is 3. The van der Waals surface area contributed by atoms with E-state index in [0.717, 1.165) is 22.7 Å². The van der Waals surface area contributed by atoms with Crippen LogP contribution in [0.5, 0.6) is 0 Å². The maximum atomic E-state index is 13.9. The fourth-order valence-electron chi connectivity index (χ4n) is 2.47. The van der Waals surface area contributed by atoms with Crippen LogP contribution in [-0.2, 0) is 13.5 Å². The van der Waals surface area contributed by atoms with Gasteiger partial charge in [-0.1, -0.05) is 0 Å². The number of alkyl halides is 1. The van der Waals surface area contributed by atoms with Crippen molar-refractivity contribution in [1.29, 1.82) is 0 Å². The van der Waals surface area contributed by atoms with Crippen molar-refractivity contribution in [3.05, 3.63) is 40.0 Å². The zero-order valence-electron chi connectivity index (χ0n) is 11.6. The first-order chi connectivity index (χ1) is 10.0. The summed E-state index contributed by atoms with van der Waals surface area (Å²) in [5.41, 5.74) is 3.22. The molecule has 3 aromatic rings. The molecular formula is C14H13BrClFN4. The topological polar surface area (TPSA) is 35.6 Å². The maximum absolute atomic E-state index is 13.9. The summed E-state index contributed by atoms with van der Waals surface area (Å²) >= 11 is 9.04. The number of nitrogens with zero attached hydrogens (tertiary/aromatic N) is 4. The Morgan fingerprint density at radius 3 is 2.81 bits per heavy atom. The van der Waals surface area contributed by atoms with Crippen LogP contribution in [0.3, 0.4) is 0 Å². The SMILES string of the molecule is Cc1nn(C)c2c1nc(CCCl)n2-c1ccc(Br)c(F)c1. The fraction of sp³-hybridized carbons (Fsp3) is 0.286. The van der Waals surface area contributed by atoms with E-state index in [1.54, 1.807) is 10.7 Å². The monoisotopic (exact) mass is 370 g/mol. The van der Waals surface area contributed by atoms with E-state index in [2.05, 4.69) is 26.0 Å². The van der Waals surface area contributed by atoms with Crippen LogP contribution in [0, 0.1) is 12.7 Å². The molecule has 0 bridgehead atoms. The third-order valence-electron chi connectivity index (χ3n) is 3.35. The molecule has 21 heavy (non-hydrogen) atoms. The Balaban J connectivity index is 2.32. The van der Waals surface area contributed by atoms with Crippen molar-refractivity contribution in [2.75, 3.05) is 5.88 Å². The third-order valence-corrected chi connectivity index (χ3v) is 4.18. The van der Waals surface area contributed by atoms with Crippen LogP contribution in [0.4, 0.5) is 4.39 Å². The first kappa shape index (κ1) is 14.5. The number of halogens is 3. The molecule has 3 rings (SSSR count). The van der Waals surface area contributed by atoms with Gasteiger partial charge in [0.15, 0.2) is 5.65 Å². The molecule has 4 nitrogen and oxygen atoms in total. The van der Waals surface area contributed by atoms with Gasteiger partial charge < -0.3 is 0 Å². The quantitative estimate of drug-likeness (QED) is 0.657. The lowest BCUT2D eigenvalue weighted by Crippen LogP contribution is -2.06. The zero-order chi connectivity index (χ0) is 15.1. The van der Waals surface area contributed by atoms with Gasteiger partial charge in [0, 0.05) is 19.3 Å². The van der Waals surface area contributed by atoms with Crippen molar-refractivity contribution in [2.24, 2.45) is 7.05 Å². The van der Waals surface area contributed by atoms with E-state index in [-0.39, 0.29) is 5.82 Å². The average Bonchev–Trinajstić information content (AvgIpc) is 2.93. The minimum Gasteiger partial charge on any atom is -0.281 e. The van der Waals surface area contributed by atoms with Crippen molar-refractivity contribution >= 4 is 38.7 Å². The molecule has 0 spiro atoms.